The van der Waals surface area contributed by atoms with Crippen molar-refractivity contribution in [2.75, 3.05) is 5.32 Å². The normalized spacial score (nSPS) is 9.94. The summed E-state index contributed by atoms with van der Waals surface area (Å²) < 4.78 is 1.06. The van der Waals surface area contributed by atoms with E-state index in [1.165, 1.54) is 12.1 Å². The smallest absolute Gasteiger partial charge is 0.255 e. The molecule has 2 aromatic rings. The van der Waals surface area contributed by atoms with Crippen LogP contribution >= 0.6 is 22.6 Å². The van der Waals surface area contributed by atoms with Gasteiger partial charge in [0.25, 0.3) is 5.91 Å². The number of benzene rings is 2. The van der Waals surface area contributed by atoms with E-state index in [1.807, 2.05) is 24.3 Å². The van der Waals surface area contributed by atoms with Crippen molar-refractivity contribution in [2.24, 2.45) is 0 Å². The number of anilines is 1. The van der Waals surface area contributed by atoms with Gasteiger partial charge in [-0.05, 0) is 65.1 Å². The number of nitrogens with one attached hydrogen (secondary N) is 1. The van der Waals surface area contributed by atoms with Gasteiger partial charge in [-0.25, -0.2) is 0 Å². The van der Waals surface area contributed by atoms with Crippen LogP contribution in [-0.2, 0) is 0 Å². The van der Waals surface area contributed by atoms with E-state index in [9.17, 15) is 4.79 Å². The van der Waals surface area contributed by atoms with Crippen molar-refractivity contribution in [3.8, 4) is 5.75 Å². The highest BCUT2D eigenvalue weighted by Crippen LogP contribution is 2.15. The number of hydrogen-bond acceptors (Lipinski definition) is 2. The summed E-state index contributed by atoms with van der Waals surface area (Å²) in [6.45, 7) is 0. The molecule has 0 aromatic heterocycles. The Hall–Kier alpha value is -1.56. The SMILES string of the molecule is O=C(Nc1cccc(I)c1)c1ccc(O)cc1. The van der Waals surface area contributed by atoms with Crippen molar-refractivity contribution < 1.29 is 9.90 Å². The Bertz CT molecular complexity index is 537. The summed E-state index contributed by atoms with van der Waals surface area (Å²) >= 11 is 2.19. The number of hydrogen-bond donors (Lipinski definition) is 2. The van der Waals surface area contributed by atoms with Crippen molar-refractivity contribution in [1.82, 2.24) is 0 Å². The molecule has 0 atom stereocenters. The topological polar surface area (TPSA) is 49.3 Å². The van der Waals surface area contributed by atoms with Crippen LogP contribution in [0.3, 0.4) is 0 Å². The van der Waals surface area contributed by atoms with Gasteiger partial charge in [0.15, 0.2) is 0 Å². The fraction of sp³-hybridized carbons (Fsp3) is 0. The van der Waals surface area contributed by atoms with Gasteiger partial charge in [0.2, 0.25) is 0 Å². The van der Waals surface area contributed by atoms with Crippen LogP contribution in [0, 0.1) is 3.57 Å². The van der Waals surface area contributed by atoms with Gasteiger partial charge in [0, 0.05) is 14.8 Å². The second-order valence-corrected chi connectivity index (χ2v) is 4.76. The molecule has 0 radical (unpaired) electrons. The van der Waals surface area contributed by atoms with E-state index in [2.05, 4.69) is 27.9 Å². The highest BCUT2D eigenvalue weighted by atomic mass is 127. The average Bonchev–Trinajstić information content (AvgIpc) is 2.29. The third-order valence-corrected chi connectivity index (χ3v) is 2.88. The second kappa shape index (κ2) is 5.18. The number of halogens is 1. The maximum atomic E-state index is 11.8. The molecule has 2 rings (SSSR count). The van der Waals surface area contributed by atoms with Crippen molar-refractivity contribution in [1.29, 1.82) is 0 Å². The molecule has 0 aliphatic carbocycles. The Balaban J connectivity index is 2.14. The minimum atomic E-state index is -0.188. The summed E-state index contributed by atoms with van der Waals surface area (Å²) in [6, 6.07) is 13.7. The fourth-order valence-electron chi connectivity index (χ4n) is 1.38. The van der Waals surface area contributed by atoms with E-state index in [0.29, 0.717) is 5.56 Å². The van der Waals surface area contributed by atoms with E-state index < -0.39 is 0 Å². The number of aromatic hydroxyl groups is 1. The highest BCUT2D eigenvalue weighted by molar-refractivity contribution is 14.1. The molecule has 0 bridgehead atoms. The van der Waals surface area contributed by atoms with Gasteiger partial charge < -0.3 is 10.4 Å². The molecule has 0 heterocycles. The number of amides is 1. The highest BCUT2D eigenvalue weighted by Gasteiger charge is 2.05. The quantitative estimate of drug-likeness (QED) is 0.826. The third kappa shape index (κ3) is 3.20. The second-order valence-electron chi connectivity index (χ2n) is 3.51. The number of rotatable bonds is 2. The Morgan fingerprint density at radius 3 is 2.47 bits per heavy atom. The Labute approximate surface area is 113 Å². The van der Waals surface area contributed by atoms with E-state index in [0.717, 1.165) is 9.26 Å². The lowest BCUT2D eigenvalue weighted by atomic mass is 10.2. The van der Waals surface area contributed by atoms with Gasteiger partial charge in [-0.1, -0.05) is 6.07 Å². The maximum Gasteiger partial charge on any atom is 0.255 e. The molecular formula is C13H10INO2. The lowest BCUT2D eigenvalue weighted by Crippen LogP contribution is -2.11. The number of carbonyl (C=O) groups is 1. The van der Waals surface area contributed by atoms with Gasteiger partial charge in [0.1, 0.15) is 5.75 Å². The summed E-state index contributed by atoms with van der Waals surface area (Å²) in [6.07, 6.45) is 0. The van der Waals surface area contributed by atoms with Crippen LogP contribution in [0.15, 0.2) is 48.5 Å². The minimum Gasteiger partial charge on any atom is -0.508 e. The van der Waals surface area contributed by atoms with Crippen molar-refractivity contribution >= 4 is 34.2 Å². The first-order valence-electron chi connectivity index (χ1n) is 5.01. The van der Waals surface area contributed by atoms with E-state index in [4.69, 9.17) is 5.11 Å². The van der Waals surface area contributed by atoms with Crippen LogP contribution in [-0.4, -0.2) is 11.0 Å². The molecule has 0 unspecified atom stereocenters. The summed E-state index contributed by atoms with van der Waals surface area (Å²) in [5.41, 5.74) is 1.27. The molecule has 86 valence electrons. The van der Waals surface area contributed by atoms with Crippen LogP contribution in [0.4, 0.5) is 5.69 Å². The van der Waals surface area contributed by atoms with Crippen LogP contribution in [0.2, 0.25) is 0 Å². The molecular weight excluding hydrogens is 329 g/mol. The van der Waals surface area contributed by atoms with Gasteiger partial charge >= 0.3 is 0 Å². The summed E-state index contributed by atoms with van der Waals surface area (Å²) in [7, 11) is 0. The van der Waals surface area contributed by atoms with Gasteiger partial charge in [-0.15, -0.1) is 0 Å². The van der Waals surface area contributed by atoms with Crippen molar-refractivity contribution in [3.05, 3.63) is 57.7 Å². The van der Waals surface area contributed by atoms with Crippen LogP contribution in [0.25, 0.3) is 0 Å². The third-order valence-electron chi connectivity index (χ3n) is 2.21. The molecule has 0 saturated carbocycles. The van der Waals surface area contributed by atoms with E-state index in [-0.39, 0.29) is 11.7 Å². The fourth-order valence-corrected chi connectivity index (χ4v) is 1.93. The van der Waals surface area contributed by atoms with Crippen LogP contribution in [0.5, 0.6) is 5.75 Å². The average molecular weight is 339 g/mol. The van der Waals surface area contributed by atoms with Gasteiger partial charge in [0.05, 0.1) is 0 Å². The van der Waals surface area contributed by atoms with Gasteiger partial charge in [-0.3, -0.25) is 4.79 Å². The number of phenols is 1. The first-order valence-corrected chi connectivity index (χ1v) is 6.09. The summed E-state index contributed by atoms with van der Waals surface area (Å²) in [5, 5.41) is 11.9. The molecule has 0 aliphatic heterocycles. The standard InChI is InChI=1S/C13H10INO2/c14-10-2-1-3-11(8-10)15-13(17)9-4-6-12(16)7-5-9/h1-8,16H,(H,15,17). The molecule has 0 saturated heterocycles. The van der Waals surface area contributed by atoms with E-state index in [1.54, 1.807) is 12.1 Å². The van der Waals surface area contributed by atoms with Gasteiger partial charge in [-0.2, -0.15) is 0 Å². The van der Waals surface area contributed by atoms with Crippen molar-refractivity contribution in [2.45, 2.75) is 0 Å². The van der Waals surface area contributed by atoms with Crippen LogP contribution < -0.4 is 5.32 Å². The largest absolute Gasteiger partial charge is 0.508 e. The molecule has 0 aliphatic rings. The molecule has 3 nitrogen and oxygen atoms in total. The maximum absolute atomic E-state index is 11.8. The zero-order chi connectivity index (χ0) is 12.3. The molecule has 0 fully saturated rings. The zero-order valence-electron chi connectivity index (χ0n) is 8.85. The summed E-state index contributed by atoms with van der Waals surface area (Å²) in [5.74, 6) is -0.0391. The van der Waals surface area contributed by atoms with Crippen LogP contribution in [0.1, 0.15) is 10.4 Å². The molecule has 17 heavy (non-hydrogen) atoms. The predicted octanol–water partition coefficient (Wildman–Crippen LogP) is 3.25. The number of phenolic OH excluding ortho intramolecular Hbond substituents is 1. The first kappa shape index (κ1) is 11.9. The Kier molecular flexibility index (Phi) is 3.63. The molecule has 0 spiro atoms. The number of carbonyl (C=O) groups excluding carboxylic acids is 1. The van der Waals surface area contributed by atoms with Crippen molar-refractivity contribution in [3.63, 3.8) is 0 Å². The molecule has 4 heteroatoms. The lowest BCUT2D eigenvalue weighted by molar-refractivity contribution is 0.102. The van der Waals surface area contributed by atoms with E-state index >= 15 is 0 Å². The molecule has 1 amide bonds. The molecule has 2 N–H and O–H groups in total. The minimum absolute atomic E-state index is 0.149. The Morgan fingerprint density at radius 1 is 1.12 bits per heavy atom. The predicted molar refractivity (Wildman–Crippen MR) is 75.2 cm³/mol. The zero-order valence-corrected chi connectivity index (χ0v) is 11.0. The summed E-state index contributed by atoms with van der Waals surface area (Å²) in [4.78, 5) is 11.8. The lowest BCUT2D eigenvalue weighted by Gasteiger charge is -2.05. The Morgan fingerprint density at radius 2 is 1.82 bits per heavy atom. The first-order chi connectivity index (χ1) is 8.15. The monoisotopic (exact) mass is 339 g/mol. The molecule has 2 aromatic carbocycles.